The number of benzene rings is 4. The Morgan fingerprint density at radius 3 is 1.44 bits per heavy atom. The number of anilines is 2. The summed E-state index contributed by atoms with van der Waals surface area (Å²) in [6, 6.07) is 26.8. The van der Waals surface area contributed by atoms with Gasteiger partial charge < -0.3 is 21.3 Å². The summed E-state index contributed by atoms with van der Waals surface area (Å²) in [6.07, 6.45) is 3.68. The van der Waals surface area contributed by atoms with E-state index in [0.29, 0.717) is 0 Å². The van der Waals surface area contributed by atoms with Crippen LogP contribution in [0.1, 0.15) is 25.7 Å². The van der Waals surface area contributed by atoms with Gasteiger partial charge in [0.05, 0.1) is 23.5 Å². The SMILES string of the molecule is O=C(Nc1cccc2ccccc12)N[C@H]1CCCC[C@@H]1NC(=O)Nc1cccc2ccccc12. The van der Waals surface area contributed by atoms with Crippen LogP contribution in [0.25, 0.3) is 21.5 Å². The summed E-state index contributed by atoms with van der Waals surface area (Å²) in [5, 5.41) is 16.3. The Balaban J connectivity index is 1.24. The van der Waals surface area contributed by atoms with Crippen LogP contribution in [0.4, 0.5) is 21.0 Å². The summed E-state index contributed by atoms with van der Waals surface area (Å²) < 4.78 is 0. The normalized spacial score (nSPS) is 17.8. The molecular formula is C28H28N4O2. The summed E-state index contributed by atoms with van der Waals surface area (Å²) in [5.74, 6) is 0. The highest BCUT2D eigenvalue weighted by atomic mass is 16.2. The summed E-state index contributed by atoms with van der Waals surface area (Å²) in [4.78, 5) is 25.7. The molecule has 2 atom stereocenters. The van der Waals surface area contributed by atoms with E-state index in [-0.39, 0.29) is 24.1 Å². The maximum Gasteiger partial charge on any atom is 0.319 e. The molecule has 0 bridgehead atoms. The molecule has 0 aliphatic heterocycles. The Hall–Kier alpha value is -4.06. The average molecular weight is 453 g/mol. The Morgan fingerprint density at radius 1 is 0.559 bits per heavy atom. The minimum Gasteiger partial charge on any atom is -0.333 e. The van der Waals surface area contributed by atoms with Crippen molar-refractivity contribution in [3.63, 3.8) is 0 Å². The molecule has 1 fully saturated rings. The quantitative estimate of drug-likeness (QED) is 0.295. The van der Waals surface area contributed by atoms with Gasteiger partial charge in [-0.1, -0.05) is 85.6 Å². The zero-order chi connectivity index (χ0) is 23.3. The van der Waals surface area contributed by atoms with Crippen LogP contribution in [0.2, 0.25) is 0 Å². The van der Waals surface area contributed by atoms with Crippen LogP contribution >= 0.6 is 0 Å². The summed E-state index contributed by atoms with van der Waals surface area (Å²) in [6.45, 7) is 0. The van der Waals surface area contributed by atoms with Crippen LogP contribution in [0.5, 0.6) is 0 Å². The van der Waals surface area contributed by atoms with Crippen LogP contribution in [-0.4, -0.2) is 24.1 Å². The molecular weight excluding hydrogens is 424 g/mol. The molecule has 1 aliphatic carbocycles. The number of fused-ring (bicyclic) bond motifs is 2. The van der Waals surface area contributed by atoms with Crippen molar-refractivity contribution in [1.29, 1.82) is 0 Å². The van der Waals surface area contributed by atoms with Gasteiger partial charge in [0.15, 0.2) is 0 Å². The molecule has 0 aromatic heterocycles. The maximum absolute atomic E-state index is 12.8. The zero-order valence-corrected chi connectivity index (χ0v) is 18.9. The first-order valence-electron chi connectivity index (χ1n) is 11.8. The number of rotatable bonds is 4. The highest BCUT2D eigenvalue weighted by Crippen LogP contribution is 2.25. The zero-order valence-electron chi connectivity index (χ0n) is 18.9. The predicted molar refractivity (Wildman–Crippen MR) is 138 cm³/mol. The number of carbonyl (C=O) groups is 2. The van der Waals surface area contributed by atoms with Gasteiger partial charge >= 0.3 is 12.1 Å². The van der Waals surface area contributed by atoms with Crippen molar-refractivity contribution in [2.45, 2.75) is 37.8 Å². The van der Waals surface area contributed by atoms with Gasteiger partial charge in [0.25, 0.3) is 0 Å². The van der Waals surface area contributed by atoms with Gasteiger partial charge in [0.1, 0.15) is 0 Å². The minimum atomic E-state index is -0.260. The Labute approximate surface area is 198 Å². The number of hydrogen-bond donors (Lipinski definition) is 4. The van der Waals surface area contributed by atoms with Gasteiger partial charge in [-0.2, -0.15) is 0 Å². The van der Waals surface area contributed by atoms with Crippen molar-refractivity contribution in [3.8, 4) is 0 Å². The van der Waals surface area contributed by atoms with E-state index in [4.69, 9.17) is 0 Å². The van der Waals surface area contributed by atoms with Crippen molar-refractivity contribution in [1.82, 2.24) is 10.6 Å². The topological polar surface area (TPSA) is 82.3 Å². The van der Waals surface area contributed by atoms with E-state index in [0.717, 1.165) is 58.6 Å². The molecule has 0 saturated heterocycles. The van der Waals surface area contributed by atoms with Crippen molar-refractivity contribution >= 4 is 45.0 Å². The monoisotopic (exact) mass is 452 g/mol. The first-order valence-corrected chi connectivity index (χ1v) is 11.8. The second-order valence-electron chi connectivity index (χ2n) is 8.75. The first-order chi connectivity index (χ1) is 16.7. The van der Waals surface area contributed by atoms with Crippen molar-refractivity contribution in [2.75, 3.05) is 10.6 Å². The lowest BCUT2D eigenvalue weighted by Crippen LogP contribution is -2.54. The van der Waals surface area contributed by atoms with Gasteiger partial charge in [-0.15, -0.1) is 0 Å². The van der Waals surface area contributed by atoms with E-state index in [2.05, 4.69) is 21.3 Å². The third-order valence-electron chi connectivity index (χ3n) is 6.47. The summed E-state index contributed by atoms with van der Waals surface area (Å²) >= 11 is 0. The van der Waals surface area contributed by atoms with Crippen LogP contribution in [0.15, 0.2) is 84.9 Å². The van der Waals surface area contributed by atoms with Gasteiger partial charge in [0, 0.05) is 10.8 Å². The summed E-state index contributed by atoms with van der Waals surface area (Å²) in [5.41, 5.74) is 1.54. The fourth-order valence-corrected chi connectivity index (χ4v) is 4.80. The van der Waals surface area contributed by atoms with Gasteiger partial charge in [-0.3, -0.25) is 0 Å². The van der Waals surface area contributed by atoms with Gasteiger partial charge in [-0.05, 0) is 35.7 Å². The van der Waals surface area contributed by atoms with E-state index in [1.165, 1.54) is 0 Å². The first kappa shape index (κ1) is 21.8. The number of carbonyl (C=O) groups excluding carboxylic acids is 2. The lowest BCUT2D eigenvalue weighted by molar-refractivity contribution is 0.225. The molecule has 0 unspecified atom stereocenters. The molecule has 1 aliphatic rings. The molecule has 0 spiro atoms. The minimum absolute atomic E-state index is 0.137. The lowest BCUT2D eigenvalue weighted by atomic mass is 9.90. The van der Waals surface area contributed by atoms with Crippen molar-refractivity contribution in [2.24, 2.45) is 0 Å². The molecule has 4 N–H and O–H groups in total. The molecule has 4 aromatic rings. The van der Waals surface area contributed by atoms with Crippen molar-refractivity contribution in [3.05, 3.63) is 84.9 Å². The van der Waals surface area contributed by atoms with Crippen molar-refractivity contribution < 1.29 is 9.59 Å². The average Bonchev–Trinajstić information content (AvgIpc) is 2.86. The van der Waals surface area contributed by atoms with Crippen LogP contribution in [-0.2, 0) is 0 Å². The third kappa shape index (κ3) is 4.81. The smallest absolute Gasteiger partial charge is 0.319 e. The van der Waals surface area contributed by atoms with Crippen LogP contribution < -0.4 is 21.3 Å². The number of urea groups is 2. The van der Waals surface area contributed by atoms with E-state index >= 15 is 0 Å². The van der Waals surface area contributed by atoms with Crippen LogP contribution in [0.3, 0.4) is 0 Å². The third-order valence-corrected chi connectivity index (χ3v) is 6.47. The Bertz CT molecular complexity index is 1220. The Kier molecular flexibility index (Phi) is 6.29. The molecule has 1 saturated carbocycles. The molecule has 5 rings (SSSR count). The standard InChI is InChI=1S/C28H28N4O2/c33-27(29-23-17-7-11-19-9-1-3-13-21(19)23)31-25-15-5-6-16-26(25)32-28(34)30-24-18-8-12-20-10-2-4-14-22(20)24/h1-4,7-14,17-18,25-26H,5-6,15-16H2,(H2,29,31,33)(H2,30,32,34)/t25-,26-/m0/s1. The largest absolute Gasteiger partial charge is 0.333 e. The number of nitrogens with one attached hydrogen (secondary N) is 4. The van der Waals surface area contributed by atoms with Crippen LogP contribution in [0, 0.1) is 0 Å². The molecule has 0 radical (unpaired) electrons. The molecule has 6 nitrogen and oxygen atoms in total. The summed E-state index contributed by atoms with van der Waals surface area (Å²) in [7, 11) is 0. The molecule has 34 heavy (non-hydrogen) atoms. The van der Waals surface area contributed by atoms with Gasteiger partial charge in [0.2, 0.25) is 0 Å². The van der Waals surface area contributed by atoms with E-state index in [9.17, 15) is 9.59 Å². The second-order valence-corrected chi connectivity index (χ2v) is 8.75. The highest BCUT2D eigenvalue weighted by molar-refractivity contribution is 6.02. The molecule has 172 valence electrons. The number of amides is 4. The molecule has 4 amide bonds. The maximum atomic E-state index is 12.8. The second kappa shape index (κ2) is 9.83. The highest BCUT2D eigenvalue weighted by Gasteiger charge is 2.28. The van der Waals surface area contributed by atoms with E-state index in [1.807, 2.05) is 84.9 Å². The fourth-order valence-electron chi connectivity index (χ4n) is 4.80. The van der Waals surface area contributed by atoms with E-state index < -0.39 is 0 Å². The molecule has 4 aromatic carbocycles. The van der Waals surface area contributed by atoms with Gasteiger partial charge in [-0.25, -0.2) is 9.59 Å². The fraction of sp³-hybridized carbons (Fsp3) is 0.214. The molecule has 0 heterocycles. The predicted octanol–water partition coefficient (Wildman–Crippen LogP) is 6.25. The lowest BCUT2D eigenvalue weighted by Gasteiger charge is -2.32. The molecule has 6 heteroatoms. The Morgan fingerprint density at radius 2 is 0.971 bits per heavy atom. The number of hydrogen-bond acceptors (Lipinski definition) is 2. The van der Waals surface area contributed by atoms with E-state index in [1.54, 1.807) is 0 Å².